The number of pyridine rings is 1. The number of carbonyl (C=O) groups is 1. The number of aromatic nitrogens is 3. The molecule has 2 aromatic heterocycles. The number of carbonyl (C=O) groups excluding carboxylic acids is 1. The van der Waals surface area contributed by atoms with E-state index in [2.05, 4.69) is 15.4 Å². The third kappa shape index (κ3) is 3.77. The van der Waals surface area contributed by atoms with Gasteiger partial charge in [0.25, 0.3) is 0 Å². The zero-order chi connectivity index (χ0) is 15.5. The fraction of sp³-hybridized carbons (Fsp3) is 0.429. The molecule has 0 unspecified atom stereocenters. The van der Waals surface area contributed by atoms with Gasteiger partial charge in [-0.05, 0) is 32.4 Å². The number of hydrogen-bond acceptors (Lipinski definition) is 5. The molecule has 1 N–H and O–H groups in total. The quantitative estimate of drug-likeness (QED) is 0.893. The lowest BCUT2D eigenvalue weighted by atomic mass is 10.0. The molecule has 0 aliphatic rings. The summed E-state index contributed by atoms with van der Waals surface area (Å²) in [7, 11) is 0. The Hall–Kier alpha value is -2.44. The molecule has 0 spiro atoms. The van der Waals surface area contributed by atoms with Gasteiger partial charge in [-0.15, -0.1) is 5.10 Å². The van der Waals surface area contributed by atoms with Crippen LogP contribution >= 0.6 is 0 Å². The molecule has 2 heterocycles. The van der Waals surface area contributed by atoms with Gasteiger partial charge in [0, 0.05) is 23.5 Å². The summed E-state index contributed by atoms with van der Waals surface area (Å²) in [6, 6.07) is 3.35. The molecule has 2 rings (SSSR count). The van der Waals surface area contributed by atoms with E-state index in [9.17, 15) is 9.59 Å². The maximum absolute atomic E-state index is 11.9. The monoisotopic (exact) mass is 290 g/mol. The summed E-state index contributed by atoms with van der Waals surface area (Å²) >= 11 is 0. The van der Waals surface area contributed by atoms with Crippen LogP contribution in [0.4, 0.5) is 0 Å². The molecule has 0 aliphatic carbocycles. The minimum atomic E-state index is -0.661. The topological polar surface area (TPSA) is 90.0 Å². The van der Waals surface area contributed by atoms with Crippen molar-refractivity contribution in [3.8, 4) is 11.5 Å². The lowest BCUT2D eigenvalue weighted by molar-refractivity contribution is -0.123. The summed E-state index contributed by atoms with van der Waals surface area (Å²) < 4.78 is 6.06. The average molecular weight is 290 g/mol. The van der Waals surface area contributed by atoms with E-state index in [0.29, 0.717) is 5.56 Å². The van der Waals surface area contributed by atoms with Gasteiger partial charge in [-0.1, -0.05) is 6.92 Å². The Kier molecular flexibility index (Phi) is 4.21. The molecule has 1 amide bonds. The SMILES string of the molecule is CCC(C)(C)NC(=O)Cn1nc(-c2ccncc2)oc1=O. The van der Waals surface area contributed by atoms with Gasteiger partial charge in [0.2, 0.25) is 11.8 Å². The summed E-state index contributed by atoms with van der Waals surface area (Å²) in [6.07, 6.45) is 3.93. The minimum absolute atomic E-state index is 0.170. The molecule has 2 aromatic rings. The maximum atomic E-state index is 11.9. The minimum Gasteiger partial charge on any atom is -0.388 e. The van der Waals surface area contributed by atoms with Crippen LogP contribution in [0, 0.1) is 0 Å². The lowest BCUT2D eigenvalue weighted by Gasteiger charge is -2.24. The van der Waals surface area contributed by atoms with Crippen molar-refractivity contribution in [1.29, 1.82) is 0 Å². The van der Waals surface area contributed by atoms with Crippen LogP contribution in [0.1, 0.15) is 27.2 Å². The van der Waals surface area contributed by atoms with Gasteiger partial charge in [-0.2, -0.15) is 4.68 Å². The Labute approximate surface area is 122 Å². The number of rotatable bonds is 5. The molecule has 0 saturated heterocycles. The number of nitrogens with zero attached hydrogens (tertiary/aromatic N) is 3. The van der Waals surface area contributed by atoms with Crippen LogP contribution in [0.5, 0.6) is 0 Å². The zero-order valence-electron chi connectivity index (χ0n) is 12.3. The van der Waals surface area contributed by atoms with Crippen molar-refractivity contribution in [1.82, 2.24) is 20.1 Å². The fourth-order valence-corrected chi connectivity index (χ4v) is 1.66. The van der Waals surface area contributed by atoms with Crippen molar-refractivity contribution >= 4 is 5.91 Å². The van der Waals surface area contributed by atoms with Crippen LogP contribution < -0.4 is 11.1 Å². The Bertz CT molecular complexity index is 673. The van der Waals surface area contributed by atoms with Crippen molar-refractivity contribution in [2.45, 2.75) is 39.3 Å². The van der Waals surface area contributed by atoms with Crippen LogP contribution in [0.15, 0.2) is 33.7 Å². The average Bonchev–Trinajstić information content (AvgIpc) is 2.80. The first-order valence-corrected chi connectivity index (χ1v) is 6.70. The Morgan fingerprint density at radius 1 is 1.38 bits per heavy atom. The van der Waals surface area contributed by atoms with Gasteiger partial charge in [-0.3, -0.25) is 9.78 Å². The van der Waals surface area contributed by atoms with E-state index in [-0.39, 0.29) is 23.9 Å². The van der Waals surface area contributed by atoms with Crippen LogP contribution in [0.2, 0.25) is 0 Å². The molecule has 0 saturated carbocycles. The van der Waals surface area contributed by atoms with Gasteiger partial charge < -0.3 is 9.73 Å². The van der Waals surface area contributed by atoms with Crippen LogP contribution in [-0.2, 0) is 11.3 Å². The van der Waals surface area contributed by atoms with Gasteiger partial charge in [0.15, 0.2) is 0 Å². The first-order chi connectivity index (χ1) is 9.91. The van der Waals surface area contributed by atoms with Crippen LogP contribution in [0.3, 0.4) is 0 Å². The van der Waals surface area contributed by atoms with Gasteiger partial charge in [0.05, 0.1) is 0 Å². The Morgan fingerprint density at radius 3 is 2.67 bits per heavy atom. The molecule has 0 atom stereocenters. The van der Waals surface area contributed by atoms with Crippen molar-refractivity contribution < 1.29 is 9.21 Å². The van der Waals surface area contributed by atoms with Crippen LogP contribution in [0.25, 0.3) is 11.5 Å². The van der Waals surface area contributed by atoms with Gasteiger partial charge in [0.1, 0.15) is 6.54 Å². The van der Waals surface area contributed by atoms with E-state index < -0.39 is 5.76 Å². The number of nitrogens with one attached hydrogen (secondary N) is 1. The molecular formula is C14H18N4O3. The molecule has 0 fully saturated rings. The first-order valence-electron chi connectivity index (χ1n) is 6.70. The molecule has 112 valence electrons. The van der Waals surface area contributed by atoms with E-state index in [0.717, 1.165) is 11.1 Å². The summed E-state index contributed by atoms with van der Waals surface area (Å²) in [5.74, 6) is -0.769. The third-order valence-electron chi connectivity index (χ3n) is 3.19. The second-order valence-electron chi connectivity index (χ2n) is 5.35. The van der Waals surface area contributed by atoms with E-state index in [1.807, 2.05) is 20.8 Å². The normalized spacial score (nSPS) is 11.4. The molecular weight excluding hydrogens is 272 g/mol. The fourth-order valence-electron chi connectivity index (χ4n) is 1.66. The lowest BCUT2D eigenvalue weighted by Crippen LogP contribution is -2.45. The summed E-state index contributed by atoms with van der Waals surface area (Å²) in [5, 5.41) is 6.87. The molecule has 0 aliphatic heterocycles. The molecule has 0 radical (unpaired) electrons. The van der Waals surface area contributed by atoms with E-state index in [1.54, 1.807) is 24.5 Å². The highest BCUT2D eigenvalue weighted by atomic mass is 16.4. The van der Waals surface area contributed by atoms with Crippen LogP contribution in [-0.4, -0.2) is 26.2 Å². The highest BCUT2D eigenvalue weighted by molar-refractivity contribution is 5.76. The Morgan fingerprint density at radius 2 is 2.05 bits per heavy atom. The highest BCUT2D eigenvalue weighted by Crippen LogP contribution is 2.13. The molecule has 0 aromatic carbocycles. The second-order valence-corrected chi connectivity index (χ2v) is 5.35. The van der Waals surface area contributed by atoms with Gasteiger partial charge in [-0.25, -0.2) is 4.79 Å². The van der Waals surface area contributed by atoms with E-state index in [4.69, 9.17) is 4.42 Å². The van der Waals surface area contributed by atoms with E-state index >= 15 is 0 Å². The van der Waals surface area contributed by atoms with Crippen molar-refractivity contribution in [2.75, 3.05) is 0 Å². The predicted molar refractivity (Wildman–Crippen MR) is 76.5 cm³/mol. The van der Waals surface area contributed by atoms with Gasteiger partial charge >= 0.3 is 5.76 Å². The summed E-state index contributed by atoms with van der Waals surface area (Å²) in [5.41, 5.74) is 0.313. The summed E-state index contributed by atoms with van der Waals surface area (Å²) in [4.78, 5) is 27.5. The second kappa shape index (κ2) is 5.90. The molecule has 7 heteroatoms. The number of hydrogen-bond donors (Lipinski definition) is 1. The molecule has 21 heavy (non-hydrogen) atoms. The highest BCUT2D eigenvalue weighted by Gasteiger charge is 2.19. The van der Waals surface area contributed by atoms with Crippen molar-refractivity contribution in [2.24, 2.45) is 0 Å². The predicted octanol–water partition coefficient (Wildman–Crippen LogP) is 1.20. The Balaban J connectivity index is 2.14. The number of amides is 1. The molecule has 7 nitrogen and oxygen atoms in total. The largest absolute Gasteiger partial charge is 0.437 e. The third-order valence-corrected chi connectivity index (χ3v) is 3.19. The standard InChI is InChI=1S/C14H18N4O3/c1-4-14(2,3)16-11(19)9-18-13(20)21-12(17-18)10-5-7-15-8-6-10/h5-8H,4,9H2,1-3H3,(H,16,19). The maximum Gasteiger partial charge on any atom is 0.437 e. The summed E-state index contributed by atoms with van der Waals surface area (Å²) in [6.45, 7) is 5.64. The zero-order valence-corrected chi connectivity index (χ0v) is 12.3. The van der Waals surface area contributed by atoms with Crippen molar-refractivity contribution in [3.05, 3.63) is 35.1 Å². The molecule has 0 bridgehead atoms. The van der Waals surface area contributed by atoms with E-state index in [1.165, 1.54) is 0 Å². The smallest absolute Gasteiger partial charge is 0.388 e. The first kappa shape index (κ1) is 15.0. The van der Waals surface area contributed by atoms with Crippen molar-refractivity contribution in [3.63, 3.8) is 0 Å².